The molecule has 0 fully saturated rings. The van der Waals surface area contributed by atoms with Gasteiger partial charge < -0.3 is 5.11 Å². The molecule has 0 unspecified atom stereocenters. The summed E-state index contributed by atoms with van der Waals surface area (Å²) in [4.78, 5) is 0. The third-order valence-corrected chi connectivity index (χ3v) is 0. The zero-order valence-corrected chi connectivity index (χ0v) is 3.52. The molecule has 0 aromatic heterocycles. The van der Waals surface area contributed by atoms with E-state index >= 15 is 0 Å². The van der Waals surface area contributed by atoms with Crippen LogP contribution < -0.4 is 0 Å². The second kappa shape index (κ2) is 1.01. The molecule has 2 radical (unpaired) electrons. The molecule has 0 aromatic rings. The fourth-order valence-electron chi connectivity index (χ4n) is 0. The maximum absolute atomic E-state index is 8.30. The van der Waals surface area contributed by atoms with Gasteiger partial charge in [0.05, 0.1) is 0 Å². The molecule has 0 rings (SSSR count). The van der Waals surface area contributed by atoms with Crippen molar-refractivity contribution in [3.05, 3.63) is 0 Å². The van der Waals surface area contributed by atoms with Crippen molar-refractivity contribution < 1.29 is 5.11 Å². The van der Waals surface area contributed by atoms with Crippen LogP contribution in [0.3, 0.4) is 0 Å². The van der Waals surface area contributed by atoms with E-state index in [1.807, 2.05) is 0 Å². The topological polar surface area (TPSA) is 20.2 Å². The van der Waals surface area contributed by atoms with E-state index in [2.05, 4.69) is 0 Å². The van der Waals surface area contributed by atoms with Crippen LogP contribution in [0.15, 0.2) is 0 Å². The molecular formula is C3H7BO. The summed E-state index contributed by atoms with van der Waals surface area (Å²) < 4.78 is 0. The van der Waals surface area contributed by atoms with E-state index < -0.39 is 5.50 Å². The maximum Gasteiger partial charge on any atom is 0.112 e. The lowest BCUT2D eigenvalue weighted by atomic mass is 9.86. The molecule has 0 bridgehead atoms. The Morgan fingerprint density at radius 2 is 1.60 bits per heavy atom. The molecule has 0 aliphatic carbocycles. The quantitative estimate of drug-likeness (QED) is 0.394. The molecule has 0 atom stereocenters. The lowest BCUT2D eigenvalue weighted by Crippen LogP contribution is -2.16. The van der Waals surface area contributed by atoms with Gasteiger partial charge in [-0.3, -0.25) is 0 Å². The van der Waals surface area contributed by atoms with Crippen molar-refractivity contribution in [1.82, 2.24) is 0 Å². The highest BCUT2D eigenvalue weighted by molar-refractivity contribution is 6.13. The summed E-state index contributed by atoms with van der Waals surface area (Å²) in [5.41, 5.74) is -1.00. The van der Waals surface area contributed by atoms with Crippen LogP contribution in [0.5, 0.6) is 0 Å². The smallest absolute Gasteiger partial charge is 0.112 e. The number of hydrogen-bond donors (Lipinski definition) is 1. The largest absolute Gasteiger partial charge is 0.400 e. The van der Waals surface area contributed by atoms with Crippen LogP contribution in [0.4, 0.5) is 0 Å². The maximum atomic E-state index is 8.30. The van der Waals surface area contributed by atoms with Gasteiger partial charge in [0, 0.05) is 5.50 Å². The lowest BCUT2D eigenvalue weighted by Gasteiger charge is -2.05. The van der Waals surface area contributed by atoms with E-state index in [0.717, 1.165) is 0 Å². The molecule has 0 spiro atoms. The second-order valence-corrected chi connectivity index (χ2v) is 1.65. The van der Waals surface area contributed by atoms with Crippen molar-refractivity contribution >= 4 is 7.85 Å². The Labute approximate surface area is 33.4 Å². The molecule has 0 saturated carbocycles. The van der Waals surface area contributed by atoms with Crippen LogP contribution in [0.25, 0.3) is 0 Å². The monoisotopic (exact) mass is 70.1 g/mol. The van der Waals surface area contributed by atoms with Crippen molar-refractivity contribution in [3.8, 4) is 0 Å². The Bertz CT molecular complexity index is 22.4. The van der Waals surface area contributed by atoms with Gasteiger partial charge in [0.1, 0.15) is 7.85 Å². The Hall–Kier alpha value is 0.0249. The molecule has 0 amide bonds. The van der Waals surface area contributed by atoms with Gasteiger partial charge in [0.15, 0.2) is 0 Å². The standard InChI is InChI=1S/C3H7BO/c1-3(2,4)5/h5H,1-2H3. The van der Waals surface area contributed by atoms with Gasteiger partial charge in [-0.2, -0.15) is 0 Å². The van der Waals surface area contributed by atoms with Gasteiger partial charge >= 0.3 is 0 Å². The molecule has 28 valence electrons. The summed E-state index contributed by atoms with van der Waals surface area (Å²) in [7, 11) is 4.91. The highest BCUT2D eigenvalue weighted by atomic mass is 16.3. The molecule has 1 N–H and O–H groups in total. The average Bonchev–Trinajstić information content (AvgIpc) is 0.722. The summed E-state index contributed by atoms with van der Waals surface area (Å²) in [6.07, 6.45) is 0. The van der Waals surface area contributed by atoms with Crippen LogP contribution >= 0.6 is 0 Å². The number of hydrogen-bond acceptors (Lipinski definition) is 1. The molecule has 2 heteroatoms. The minimum Gasteiger partial charge on any atom is -0.400 e. The number of aliphatic hydroxyl groups is 1. The van der Waals surface area contributed by atoms with Gasteiger partial charge in [-0.25, -0.2) is 0 Å². The highest BCUT2D eigenvalue weighted by Crippen LogP contribution is 1.87. The molecular weight excluding hydrogens is 62.8 g/mol. The van der Waals surface area contributed by atoms with Crippen molar-refractivity contribution in [1.29, 1.82) is 0 Å². The molecule has 1 nitrogen and oxygen atoms in total. The Morgan fingerprint density at radius 1 is 1.60 bits per heavy atom. The normalized spacial score (nSPS) is 11.8. The summed E-state index contributed by atoms with van der Waals surface area (Å²) in [6, 6.07) is 0. The Kier molecular flexibility index (Phi) is 1.02. The molecule has 0 heterocycles. The minimum absolute atomic E-state index is 1.00. The fourth-order valence-corrected chi connectivity index (χ4v) is 0. The van der Waals surface area contributed by atoms with E-state index in [1.54, 1.807) is 0 Å². The zero-order chi connectivity index (χ0) is 4.50. The SMILES string of the molecule is [B]C(C)(C)O. The molecule has 5 heavy (non-hydrogen) atoms. The first kappa shape index (κ1) is 5.02. The Morgan fingerprint density at radius 3 is 1.60 bits per heavy atom. The van der Waals surface area contributed by atoms with Crippen LogP contribution in [0.1, 0.15) is 13.8 Å². The van der Waals surface area contributed by atoms with Gasteiger partial charge in [0.25, 0.3) is 0 Å². The van der Waals surface area contributed by atoms with Crippen LogP contribution in [0, 0.1) is 0 Å². The predicted molar refractivity (Wildman–Crippen MR) is 22.1 cm³/mol. The fraction of sp³-hybridized carbons (Fsp3) is 1.00. The third kappa shape index (κ3) is 26500. The summed E-state index contributed by atoms with van der Waals surface area (Å²) in [6.45, 7) is 3.04. The molecule has 0 aliphatic rings. The van der Waals surface area contributed by atoms with Crippen LogP contribution in [-0.4, -0.2) is 18.5 Å². The van der Waals surface area contributed by atoms with Crippen molar-refractivity contribution in [2.75, 3.05) is 0 Å². The highest BCUT2D eigenvalue weighted by Gasteiger charge is 1.97. The van der Waals surface area contributed by atoms with Crippen molar-refractivity contribution in [2.45, 2.75) is 19.3 Å². The van der Waals surface area contributed by atoms with Crippen LogP contribution in [0.2, 0.25) is 0 Å². The minimum atomic E-state index is -1.00. The van der Waals surface area contributed by atoms with E-state index in [1.165, 1.54) is 13.8 Å². The Balaban J connectivity index is 3.02. The zero-order valence-electron chi connectivity index (χ0n) is 3.52. The molecule has 0 aromatic carbocycles. The van der Waals surface area contributed by atoms with Gasteiger partial charge in [-0.15, -0.1) is 0 Å². The summed E-state index contributed by atoms with van der Waals surface area (Å²) in [5.74, 6) is 0. The van der Waals surface area contributed by atoms with E-state index in [4.69, 9.17) is 13.0 Å². The van der Waals surface area contributed by atoms with E-state index in [9.17, 15) is 0 Å². The van der Waals surface area contributed by atoms with Crippen LogP contribution in [-0.2, 0) is 0 Å². The molecule has 0 saturated heterocycles. The lowest BCUT2D eigenvalue weighted by molar-refractivity contribution is 0.170. The van der Waals surface area contributed by atoms with Gasteiger partial charge in [-0.05, 0) is 13.8 Å². The first-order valence-corrected chi connectivity index (χ1v) is 1.51. The third-order valence-electron chi connectivity index (χ3n) is 0. The first-order chi connectivity index (χ1) is 2.00. The second-order valence-electron chi connectivity index (χ2n) is 1.65. The van der Waals surface area contributed by atoms with Crippen molar-refractivity contribution in [3.63, 3.8) is 0 Å². The van der Waals surface area contributed by atoms with Gasteiger partial charge in [0.2, 0.25) is 0 Å². The predicted octanol–water partition coefficient (Wildman–Crippen LogP) is -0.117. The first-order valence-electron chi connectivity index (χ1n) is 1.51. The van der Waals surface area contributed by atoms with Crippen molar-refractivity contribution in [2.24, 2.45) is 0 Å². The average molecular weight is 69.9 g/mol. The number of rotatable bonds is 0. The van der Waals surface area contributed by atoms with E-state index in [-0.39, 0.29) is 0 Å². The van der Waals surface area contributed by atoms with E-state index in [0.29, 0.717) is 0 Å². The molecule has 0 aliphatic heterocycles. The summed E-state index contributed by atoms with van der Waals surface area (Å²) >= 11 is 0. The van der Waals surface area contributed by atoms with Gasteiger partial charge in [-0.1, -0.05) is 0 Å². The summed E-state index contributed by atoms with van der Waals surface area (Å²) in [5, 5.41) is 8.30.